The van der Waals surface area contributed by atoms with Gasteiger partial charge in [-0.05, 0) is 24.2 Å². The lowest BCUT2D eigenvalue weighted by Gasteiger charge is -1.95. The molecule has 0 N–H and O–H groups in total. The SMILES string of the molecule is CCCC[S+](C)CC.[I-]. The monoisotopic (exact) mass is 260 g/mol. The first-order valence-electron chi connectivity index (χ1n) is 3.40. The van der Waals surface area contributed by atoms with Crippen molar-refractivity contribution in [3.8, 4) is 0 Å². The van der Waals surface area contributed by atoms with Crippen LogP contribution < -0.4 is 24.0 Å². The first kappa shape index (κ1) is 12.7. The summed E-state index contributed by atoms with van der Waals surface area (Å²) in [6.45, 7) is 4.53. The maximum absolute atomic E-state index is 2.36. The molecule has 9 heavy (non-hydrogen) atoms. The summed E-state index contributed by atoms with van der Waals surface area (Å²) >= 11 is 0. The van der Waals surface area contributed by atoms with Crippen molar-refractivity contribution in [2.45, 2.75) is 26.7 Å². The fourth-order valence-corrected chi connectivity index (χ4v) is 1.61. The summed E-state index contributed by atoms with van der Waals surface area (Å²) in [7, 11) is 0.723. The minimum absolute atomic E-state index is 0. The molecule has 0 amide bonds. The highest BCUT2D eigenvalue weighted by Gasteiger charge is 2.03. The number of unbranched alkanes of at least 4 members (excludes halogenated alkanes) is 1. The number of hydrogen-bond acceptors (Lipinski definition) is 0. The van der Waals surface area contributed by atoms with E-state index < -0.39 is 0 Å². The number of hydrogen-bond donors (Lipinski definition) is 0. The molecular formula is C7H17IS. The lowest BCUT2D eigenvalue weighted by molar-refractivity contribution is -0.00000192. The van der Waals surface area contributed by atoms with E-state index in [1.807, 2.05) is 0 Å². The molecule has 58 valence electrons. The Bertz CT molecular complexity index is 48.2. The molecule has 2 heteroatoms. The van der Waals surface area contributed by atoms with Crippen LogP contribution in [0, 0.1) is 0 Å². The van der Waals surface area contributed by atoms with E-state index in [-0.39, 0.29) is 24.0 Å². The van der Waals surface area contributed by atoms with Crippen LogP contribution >= 0.6 is 0 Å². The van der Waals surface area contributed by atoms with Gasteiger partial charge in [-0.25, -0.2) is 0 Å². The number of halogens is 1. The standard InChI is InChI=1S/C7H17S.HI/c1-4-6-7-8(3)5-2;/h4-7H2,1-3H3;1H/q+1;/p-1. The highest BCUT2D eigenvalue weighted by atomic mass is 127. The van der Waals surface area contributed by atoms with Crippen LogP contribution in [0.2, 0.25) is 0 Å². The molecule has 0 spiro atoms. The van der Waals surface area contributed by atoms with E-state index in [0.717, 1.165) is 10.9 Å². The Morgan fingerprint density at radius 3 is 2.11 bits per heavy atom. The van der Waals surface area contributed by atoms with Gasteiger partial charge < -0.3 is 24.0 Å². The smallest absolute Gasteiger partial charge is 0.107 e. The summed E-state index contributed by atoms with van der Waals surface area (Å²) in [6, 6.07) is 0. The van der Waals surface area contributed by atoms with E-state index in [0.29, 0.717) is 0 Å². The lowest BCUT2D eigenvalue weighted by atomic mass is 10.4. The first-order valence-corrected chi connectivity index (χ1v) is 5.37. The molecule has 0 nitrogen and oxygen atoms in total. The van der Waals surface area contributed by atoms with Crippen LogP contribution in [0.4, 0.5) is 0 Å². The number of rotatable bonds is 4. The van der Waals surface area contributed by atoms with Crippen molar-refractivity contribution in [3.63, 3.8) is 0 Å². The van der Waals surface area contributed by atoms with Gasteiger partial charge in [0, 0.05) is 0 Å². The zero-order valence-electron chi connectivity index (χ0n) is 6.61. The van der Waals surface area contributed by atoms with Crippen LogP contribution in [0.3, 0.4) is 0 Å². The average Bonchev–Trinajstić information content (AvgIpc) is 1.83. The molecule has 0 heterocycles. The van der Waals surface area contributed by atoms with Gasteiger partial charge in [-0.1, -0.05) is 13.3 Å². The van der Waals surface area contributed by atoms with Crippen LogP contribution in [0.25, 0.3) is 0 Å². The Morgan fingerprint density at radius 2 is 1.78 bits per heavy atom. The molecule has 0 saturated heterocycles. The Morgan fingerprint density at radius 1 is 1.22 bits per heavy atom. The minimum atomic E-state index is 0. The highest BCUT2D eigenvalue weighted by molar-refractivity contribution is 7.96. The molecule has 0 aromatic heterocycles. The molecule has 0 fully saturated rings. The van der Waals surface area contributed by atoms with Crippen LogP contribution in [-0.4, -0.2) is 17.8 Å². The molecule has 0 aliphatic heterocycles. The van der Waals surface area contributed by atoms with Crippen molar-refractivity contribution < 1.29 is 24.0 Å². The van der Waals surface area contributed by atoms with Gasteiger partial charge in [0.15, 0.2) is 0 Å². The third kappa shape index (κ3) is 9.08. The predicted molar refractivity (Wildman–Crippen MR) is 43.6 cm³/mol. The Kier molecular flexibility index (Phi) is 12.8. The highest BCUT2D eigenvalue weighted by Crippen LogP contribution is 1.95. The van der Waals surface area contributed by atoms with Crippen LogP contribution in [-0.2, 0) is 10.9 Å². The summed E-state index contributed by atoms with van der Waals surface area (Å²) in [5.41, 5.74) is 0. The summed E-state index contributed by atoms with van der Waals surface area (Å²) in [5.74, 6) is 2.83. The van der Waals surface area contributed by atoms with Gasteiger partial charge in [-0.2, -0.15) is 0 Å². The molecule has 0 aromatic carbocycles. The molecule has 0 rings (SSSR count). The van der Waals surface area contributed by atoms with Crippen molar-refractivity contribution in [1.29, 1.82) is 0 Å². The Labute approximate surface area is 79.2 Å². The lowest BCUT2D eigenvalue weighted by Crippen LogP contribution is -3.00. The molecule has 0 aliphatic carbocycles. The second kappa shape index (κ2) is 9.08. The van der Waals surface area contributed by atoms with Crippen molar-refractivity contribution in [3.05, 3.63) is 0 Å². The summed E-state index contributed by atoms with van der Waals surface area (Å²) in [4.78, 5) is 0. The van der Waals surface area contributed by atoms with Crippen LogP contribution in [0.5, 0.6) is 0 Å². The summed E-state index contributed by atoms with van der Waals surface area (Å²) in [5, 5.41) is 0. The van der Waals surface area contributed by atoms with Gasteiger partial charge in [0.1, 0.15) is 11.5 Å². The maximum Gasteiger partial charge on any atom is 0.107 e. The molecule has 1 atom stereocenters. The molecule has 0 aromatic rings. The Hall–Kier alpha value is 1.08. The first-order chi connectivity index (χ1) is 3.81. The fourth-order valence-electron chi connectivity index (χ4n) is 0.535. The second-order valence-corrected chi connectivity index (χ2v) is 4.68. The third-order valence-electron chi connectivity index (χ3n) is 1.34. The molecule has 0 saturated carbocycles. The van der Waals surface area contributed by atoms with Crippen molar-refractivity contribution in [2.24, 2.45) is 0 Å². The van der Waals surface area contributed by atoms with Crippen molar-refractivity contribution in [1.82, 2.24) is 0 Å². The van der Waals surface area contributed by atoms with Gasteiger partial charge in [0.25, 0.3) is 0 Å². The topological polar surface area (TPSA) is 0 Å². The maximum atomic E-state index is 2.36. The zero-order chi connectivity index (χ0) is 6.41. The zero-order valence-corrected chi connectivity index (χ0v) is 9.59. The normalized spacial score (nSPS) is 12.3. The van der Waals surface area contributed by atoms with E-state index in [1.54, 1.807) is 0 Å². The summed E-state index contributed by atoms with van der Waals surface area (Å²) in [6.07, 6.45) is 5.14. The van der Waals surface area contributed by atoms with Crippen LogP contribution in [0.1, 0.15) is 26.7 Å². The molecule has 1 unspecified atom stereocenters. The van der Waals surface area contributed by atoms with Crippen molar-refractivity contribution in [2.75, 3.05) is 17.8 Å². The molecule has 0 radical (unpaired) electrons. The molecule has 0 aliphatic rings. The average molecular weight is 260 g/mol. The van der Waals surface area contributed by atoms with Crippen LogP contribution in [0.15, 0.2) is 0 Å². The van der Waals surface area contributed by atoms with Gasteiger partial charge in [0.2, 0.25) is 0 Å². The minimum Gasteiger partial charge on any atom is -1.00 e. The van der Waals surface area contributed by atoms with E-state index in [4.69, 9.17) is 0 Å². The van der Waals surface area contributed by atoms with Gasteiger partial charge in [0.05, 0.1) is 6.26 Å². The van der Waals surface area contributed by atoms with E-state index >= 15 is 0 Å². The fraction of sp³-hybridized carbons (Fsp3) is 1.00. The molecular weight excluding hydrogens is 243 g/mol. The summed E-state index contributed by atoms with van der Waals surface area (Å²) < 4.78 is 0. The van der Waals surface area contributed by atoms with E-state index in [1.165, 1.54) is 24.3 Å². The van der Waals surface area contributed by atoms with Gasteiger partial charge in [-0.3, -0.25) is 0 Å². The largest absolute Gasteiger partial charge is 1.00 e. The molecule has 0 bridgehead atoms. The predicted octanol–water partition coefficient (Wildman–Crippen LogP) is -0.941. The quantitative estimate of drug-likeness (QED) is 0.452. The van der Waals surface area contributed by atoms with Gasteiger partial charge in [-0.15, -0.1) is 0 Å². The third-order valence-corrected chi connectivity index (χ3v) is 3.31. The second-order valence-electron chi connectivity index (χ2n) is 2.13. The van der Waals surface area contributed by atoms with Crippen molar-refractivity contribution >= 4 is 10.9 Å². The van der Waals surface area contributed by atoms with E-state index in [9.17, 15) is 0 Å². The van der Waals surface area contributed by atoms with E-state index in [2.05, 4.69) is 20.1 Å². The van der Waals surface area contributed by atoms with Gasteiger partial charge >= 0.3 is 0 Å². The Balaban J connectivity index is 0.